The van der Waals surface area contributed by atoms with Gasteiger partial charge < -0.3 is 10.3 Å². The SMILES string of the molecule is C/C(=N\O)[C@@H]1C[C@H](CC(=O)O)C1(C)C. The van der Waals surface area contributed by atoms with Crippen LogP contribution in [0.2, 0.25) is 0 Å². The molecule has 0 aromatic rings. The highest BCUT2D eigenvalue weighted by atomic mass is 16.4. The summed E-state index contributed by atoms with van der Waals surface area (Å²) < 4.78 is 0. The van der Waals surface area contributed by atoms with Gasteiger partial charge in [-0.15, -0.1) is 0 Å². The third kappa shape index (κ3) is 1.74. The summed E-state index contributed by atoms with van der Waals surface area (Å²) in [4.78, 5) is 10.6. The molecule has 0 aliphatic heterocycles. The van der Waals surface area contributed by atoms with E-state index >= 15 is 0 Å². The molecule has 4 nitrogen and oxygen atoms in total. The van der Waals surface area contributed by atoms with E-state index in [0.29, 0.717) is 5.71 Å². The minimum absolute atomic E-state index is 0.0608. The minimum atomic E-state index is -0.750. The molecule has 0 aromatic carbocycles. The Labute approximate surface area is 83.6 Å². The lowest BCUT2D eigenvalue weighted by atomic mass is 9.52. The fraction of sp³-hybridized carbons (Fsp3) is 0.800. The van der Waals surface area contributed by atoms with E-state index in [1.54, 1.807) is 6.92 Å². The number of hydrogen-bond acceptors (Lipinski definition) is 3. The van der Waals surface area contributed by atoms with Crippen molar-refractivity contribution in [2.45, 2.75) is 33.6 Å². The summed E-state index contributed by atoms with van der Waals surface area (Å²) >= 11 is 0. The maximum absolute atomic E-state index is 10.6. The number of hydrogen-bond donors (Lipinski definition) is 2. The summed E-state index contributed by atoms with van der Waals surface area (Å²) in [6.07, 6.45) is 1.03. The standard InChI is InChI=1S/C10H17NO3/c1-6(11-14)8-4-7(5-9(12)13)10(8,2)3/h7-8,14H,4-5H2,1-3H3,(H,12,13)/b11-6+/t7-,8+/m1/s1. The number of aliphatic carboxylic acids is 1. The molecule has 0 saturated heterocycles. The van der Waals surface area contributed by atoms with E-state index in [0.717, 1.165) is 6.42 Å². The van der Waals surface area contributed by atoms with Crippen molar-refractivity contribution in [2.75, 3.05) is 0 Å². The lowest BCUT2D eigenvalue weighted by molar-refractivity contribution is -0.142. The van der Waals surface area contributed by atoms with Crippen LogP contribution < -0.4 is 0 Å². The Morgan fingerprint density at radius 3 is 2.50 bits per heavy atom. The van der Waals surface area contributed by atoms with Gasteiger partial charge in [0.1, 0.15) is 0 Å². The molecule has 1 rings (SSSR count). The molecule has 14 heavy (non-hydrogen) atoms. The Morgan fingerprint density at radius 2 is 2.14 bits per heavy atom. The van der Waals surface area contributed by atoms with Gasteiger partial charge in [-0.05, 0) is 24.7 Å². The second-order valence-electron chi connectivity index (χ2n) is 4.65. The zero-order chi connectivity index (χ0) is 10.9. The summed E-state index contributed by atoms with van der Waals surface area (Å²) in [5.41, 5.74) is 0.644. The topological polar surface area (TPSA) is 69.9 Å². The Kier molecular flexibility index (Phi) is 2.83. The first-order valence-corrected chi connectivity index (χ1v) is 4.80. The van der Waals surface area contributed by atoms with E-state index in [2.05, 4.69) is 5.16 Å². The molecule has 1 fully saturated rings. The molecule has 2 N–H and O–H groups in total. The van der Waals surface area contributed by atoms with Crippen LogP contribution in [-0.4, -0.2) is 22.0 Å². The van der Waals surface area contributed by atoms with Crippen molar-refractivity contribution in [2.24, 2.45) is 22.4 Å². The molecule has 0 aromatic heterocycles. The largest absolute Gasteiger partial charge is 0.481 e. The lowest BCUT2D eigenvalue weighted by Gasteiger charge is -2.51. The third-order valence-corrected chi connectivity index (χ3v) is 3.55. The monoisotopic (exact) mass is 199 g/mol. The summed E-state index contributed by atoms with van der Waals surface area (Å²) in [6.45, 7) is 5.84. The predicted octanol–water partition coefficient (Wildman–Crippen LogP) is 1.97. The van der Waals surface area contributed by atoms with Crippen LogP contribution in [0.3, 0.4) is 0 Å². The second-order valence-corrected chi connectivity index (χ2v) is 4.65. The molecule has 0 heterocycles. The van der Waals surface area contributed by atoms with Gasteiger partial charge in [0.05, 0.1) is 5.71 Å². The van der Waals surface area contributed by atoms with E-state index in [1.165, 1.54) is 0 Å². The molecule has 0 unspecified atom stereocenters. The smallest absolute Gasteiger partial charge is 0.303 e. The van der Waals surface area contributed by atoms with Crippen molar-refractivity contribution in [3.05, 3.63) is 0 Å². The van der Waals surface area contributed by atoms with Crippen LogP contribution in [0.25, 0.3) is 0 Å². The Balaban J connectivity index is 2.63. The molecule has 0 spiro atoms. The predicted molar refractivity (Wildman–Crippen MR) is 52.5 cm³/mol. The van der Waals surface area contributed by atoms with E-state index in [9.17, 15) is 4.79 Å². The van der Waals surface area contributed by atoms with Gasteiger partial charge in [0, 0.05) is 12.3 Å². The molecule has 2 atom stereocenters. The van der Waals surface area contributed by atoms with Crippen LogP contribution in [0.15, 0.2) is 5.16 Å². The second kappa shape index (κ2) is 3.59. The number of nitrogens with zero attached hydrogens (tertiary/aromatic N) is 1. The molecule has 1 aliphatic rings. The average molecular weight is 199 g/mol. The summed E-state index contributed by atoms with van der Waals surface area (Å²) in [5, 5.41) is 20.5. The highest BCUT2D eigenvalue weighted by Crippen LogP contribution is 2.53. The van der Waals surface area contributed by atoms with Crippen LogP contribution in [0.4, 0.5) is 0 Å². The zero-order valence-electron chi connectivity index (χ0n) is 8.82. The van der Waals surface area contributed by atoms with Crippen molar-refractivity contribution in [3.63, 3.8) is 0 Å². The number of rotatable bonds is 3. The van der Waals surface area contributed by atoms with E-state index in [1.807, 2.05) is 13.8 Å². The fourth-order valence-electron chi connectivity index (χ4n) is 2.35. The van der Waals surface area contributed by atoms with Crippen LogP contribution in [0.5, 0.6) is 0 Å². The molecule has 1 aliphatic carbocycles. The molecule has 0 amide bonds. The first-order valence-electron chi connectivity index (χ1n) is 4.80. The van der Waals surface area contributed by atoms with Gasteiger partial charge in [-0.2, -0.15) is 0 Å². The molecular weight excluding hydrogens is 182 g/mol. The van der Waals surface area contributed by atoms with Crippen LogP contribution >= 0.6 is 0 Å². The van der Waals surface area contributed by atoms with Gasteiger partial charge in [0.2, 0.25) is 0 Å². The summed E-state index contributed by atoms with van der Waals surface area (Å²) in [7, 11) is 0. The van der Waals surface area contributed by atoms with Crippen molar-refractivity contribution in [3.8, 4) is 0 Å². The van der Waals surface area contributed by atoms with Crippen LogP contribution in [-0.2, 0) is 4.79 Å². The van der Waals surface area contributed by atoms with Crippen LogP contribution in [0, 0.1) is 17.3 Å². The first-order chi connectivity index (χ1) is 6.39. The van der Waals surface area contributed by atoms with Gasteiger partial charge in [-0.25, -0.2) is 0 Å². The van der Waals surface area contributed by atoms with Gasteiger partial charge in [0.25, 0.3) is 0 Å². The number of carbonyl (C=O) groups is 1. The average Bonchev–Trinajstić information content (AvgIpc) is 2.10. The molecule has 0 bridgehead atoms. The molecule has 0 radical (unpaired) electrons. The first kappa shape index (κ1) is 11.0. The highest BCUT2D eigenvalue weighted by Gasteiger charge is 2.49. The number of oxime groups is 1. The van der Waals surface area contributed by atoms with Crippen molar-refractivity contribution in [1.82, 2.24) is 0 Å². The zero-order valence-corrected chi connectivity index (χ0v) is 8.82. The molecule has 1 saturated carbocycles. The molecular formula is C10H17NO3. The summed E-state index contributed by atoms with van der Waals surface area (Å²) in [6, 6.07) is 0. The normalized spacial score (nSPS) is 30.9. The van der Waals surface area contributed by atoms with Gasteiger partial charge in [-0.1, -0.05) is 19.0 Å². The number of carboxylic acids is 1. The maximum Gasteiger partial charge on any atom is 0.303 e. The Morgan fingerprint density at radius 1 is 1.57 bits per heavy atom. The summed E-state index contributed by atoms with van der Waals surface area (Å²) in [5.74, 6) is -0.335. The van der Waals surface area contributed by atoms with Gasteiger partial charge >= 0.3 is 5.97 Å². The van der Waals surface area contributed by atoms with E-state index in [4.69, 9.17) is 10.3 Å². The Hall–Kier alpha value is -1.06. The molecule has 4 heteroatoms. The van der Waals surface area contributed by atoms with Gasteiger partial charge in [-0.3, -0.25) is 4.79 Å². The van der Waals surface area contributed by atoms with Crippen molar-refractivity contribution >= 4 is 11.7 Å². The van der Waals surface area contributed by atoms with Crippen molar-refractivity contribution < 1.29 is 15.1 Å². The van der Waals surface area contributed by atoms with E-state index < -0.39 is 5.97 Å². The van der Waals surface area contributed by atoms with E-state index in [-0.39, 0.29) is 23.7 Å². The molecule has 80 valence electrons. The number of carboxylic acid groups (broad SMARTS) is 1. The van der Waals surface area contributed by atoms with Gasteiger partial charge in [0.15, 0.2) is 0 Å². The maximum atomic E-state index is 10.6. The quantitative estimate of drug-likeness (QED) is 0.415. The highest BCUT2D eigenvalue weighted by molar-refractivity contribution is 5.85. The minimum Gasteiger partial charge on any atom is -0.481 e. The van der Waals surface area contributed by atoms with Crippen molar-refractivity contribution in [1.29, 1.82) is 0 Å². The lowest BCUT2D eigenvalue weighted by Crippen LogP contribution is -2.48. The fourth-order valence-corrected chi connectivity index (χ4v) is 2.35. The third-order valence-electron chi connectivity index (χ3n) is 3.55. The van der Waals surface area contributed by atoms with Crippen LogP contribution in [0.1, 0.15) is 33.6 Å². The Bertz CT molecular complexity index is 271.